The molecule has 1 saturated carbocycles. The second-order valence-corrected chi connectivity index (χ2v) is 6.33. The van der Waals surface area contributed by atoms with Crippen molar-refractivity contribution in [2.45, 2.75) is 39.0 Å². The highest BCUT2D eigenvalue weighted by molar-refractivity contribution is 9.09. The van der Waals surface area contributed by atoms with E-state index in [4.69, 9.17) is 0 Å². The molecule has 1 aromatic rings. The van der Waals surface area contributed by atoms with Gasteiger partial charge in [0.15, 0.2) is 5.43 Å². The Bertz CT molecular complexity index is 533. The Kier molecular flexibility index (Phi) is 5.02. The number of alkyl halides is 1. The number of carbonyl (C=O) groups excluding carboxylic acids is 1. The quantitative estimate of drug-likeness (QED) is 0.828. The number of hydrogen-bond acceptors (Lipinski definition) is 2. The number of rotatable bonds is 4. The van der Waals surface area contributed by atoms with Gasteiger partial charge in [-0.15, -0.1) is 0 Å². The Hall–Kier alpha value is -1.10. The van der Waals surface area contributed by atoms with Crippen molar-refractivity contribution < 1.29 is 4.79 Å². The van der Waals surface area contributed by atoms with E-state index in [-0.39, 0.29) is 22.3 Å². The molecule has 0 bridgehead atoms. The first-order chi connectivity index (χ1) is 9.56. The molecule has 1 heterocycles. The average Bonchev–Trinajstić information content (AvgIpc) is 2.46. The van der Waals surface area contributed by atoms with Crippen LogP contribution in [0.3, 0.4) is 0 Å². The molecule has 5 heteroatoms. The molecule has 0 radical (unpaired) electrons. The molecular formula is C15H21BrN2O2. The number of halogens is 1. The van der Waals surface area contributed by atoms with Crippen LogP contribution in [0.1, 0.15) is 48.2 Å². The number of aromatic nitrogens is 1. The van der Waals surface area contributed by atoms with Gasteiger partial charge in [0.1, 0.15) is 5.56 Å². The van der Waals surface area contributed by atoms with Crippen LogP contribution in [0.25, 0.3) is 0 Å². The molecule has 1 aromatic heterocycles. The highest BCUT2D eigenvalue weighted by Crippen LogP contribution is 2.37. The zero-order valence-corrected chi connectivity index (χ0v) is 13.4. The van der Waals surface area contributed by atoms with Crippen LogP contribution in [0.4, 0.5) is 0 Å². The summed E-state index contributed by atoms with van der Waals surface area (Å²) in [5.74, 6) is -0.280. The summed E-state index contributed by atoms with van der Waals surface area (Å²) in [5, 5.41) is 3.83. The molecule has 20 heavy (non-hydrogen) atoms. The van der Waals surface area contributed by atoms with Crippen LogP contribution in [0.2, 0.25) is 0 Å². The molecule has 1 aliphatic carbocycles. The molecule has 1 aliphatic rings. The Labute approximate surface area is 127 Å². The molecule has 0 saturated heterocycles. The maximum atomic E-state index is 12.1. The summed E-state index contributed by atoms with van der Waals surface area (Å²) in [6.07, 6.45) is 7.46. The third kappa shape index (κ3) is 3.51. The molecule has 2 N–H and O–H groups in total. The van der Waals surface area contributed by atoms with E-state index in [0.717, 1.165) is 23.9 Å². The van der Waals surface area contributed by atoms with Crippen molar-refractivity contribution in [1.82, 2.24) is 10.3 Å². The van der Waals surface area contributed by atoms with Crippen LogP contribution in [0.5, 0.6) is 0 Å². The average molecular weight is 341 g/mol. The maximum Gasteiger partial charge on any atom is 0.256 e. The SMILES string of the molecule is Cc1cc(=O)c(C(=O)NCC2(CBr)CCCCC2)c[nH]1. The minimum Gasteiger partial charge on any atom is -0.364 e. The Morgan fingerprint density at radius 2 is 2.10 bits per heavy atom. The Morgan fingerprint density at radius 3 is 2.70 bits per heavy atom. The van der Waals surface area contributed by atoms with Gasteiger partial charge in [-0.1, -0.05) is 35.2 Å². The van der Waals surface area contributed by atoms with E-state index in [1.54, 1.807) is 6.92 Å². The van der Waals surface area contributed by atoms with Gasteiger partial charge in [-0.05, 0) is 25.2 Å². The van der Waals surface area contributed by atoms with E-state index in [0.29, 0.717) is 6.54 Å². The predicted octanol–water partition coefficient (Wildman–Crippen LogP) is 2.76. The van der Waals surface area contributed by atoms with Gasteiger partial charge < -0.3 is 10.3 Å². The minimum absolute atomic E-state index is 0.144. The van der Waals surface area contributed by atoms with Gasteiger partial charge in [0.05, 0.1) is 0 Å². The normalized spacial score (nSPS) is 17.7. The second kappa shape index (κ2) is 6.57. The van der Waals surface area contributed by atoms with Crippen molar-refractivity contribution in [3.63, 3.8) is 0 Å². The maximum absolute atomic E-state index is 12.1. The van der Waals surface area contributed by atoms with Crippen molar-refractivity contribution in [2.24, 2.45) is 5.41 Å². The molecule has 0 spiro atoms. The standard InChI is InChI=1S/C15H21BrN2O2/c1-11-7-13(19)12(8-17-11)14(20)18-10-15(9-16)5-3-2-4-6-15/h7-8H,2-6,9-10H2,1H3,(H,17,19)(H,18,20). The van der Waals surface area contributed by atoms with Crippen molar-refractivity contribution in [3.8, 4) is 0 Å². The zero-order valence-electron chi connectivity index (χ0n) is 11.8. The van der Waals surface area contributed by atoms with Crippen LogP contribution in [-0.2, 0) is 0 Å². The number of H-pyrrole nitrogens is 1. The Balaban J connectivity index is 2.02. The van der Waals surface area contributed by atoms with Gasteiger partial charge in [-0.25, -0.2) is 0 Å². The van der Waals surface area contributed by atoms with Crippen molar-refractivity contribution in [3.05, 3.63) is 33.7 Å². The number of amides is 1. The highest BCUT2D eigenvalue weighted by atomic mass is 79.9. The smallest absolute Gasteiger partial charge is 0.256 e. The number of aryl methyl sites for hydroxylation is 1. The lowest BCUT2D eigenvalue weighted by Gasteiger charge is -2.35. The lowest BCUT2D eigenvalue weighted by atomic mass is 9.75. The van der Waals surface area contributed by atoms with E-state index in [2.05, 4.69) is 26.2 Å². The van der Waals surface area contributed by atoms with Crippen LogP contribution in [0.15, 0.2) is 17.1 Å². The fourth-order valence-electron chi connectivity index (χ4n) is 2.77. The van der Waals surface area contributed by atoms with Gasteiger partial charge in [0.2, 0.25) is 0 Å². The van der Waals surface area contributed by atoms with Gasteiger partial charge >= 0.3 is 0 Å². The summed E-state index contributed by atoms with van der Waals surface area (Å²) in [6.45, 7) is 2.43. The molecule has 0 unspecified atom stereocenters. The van der Waals surface area contributed by atoms with Crippen LogP contribution in [0, 0.1) is 12.3 Å². The molecule has 0 aliphatic heterocycles. The van der Waals surface area contributed by atoms with Gasteiger partial charge in [-0.2, -0.15) is 0 Å². The number of nitrogens with one attached hydrogen (secondary N) is 2. The fourth-order valence-corrected chi connectivity index (χ4v) is 3.53. The van der Waals surface area contributed by atoms with Crippen molar-refractivity contribution in [1.29, 1.82) is 0 Å². The van der Waals surface area contributed by atoms with Crippen molar-refractivity contribution >= 4 is 21.8 Å². The molecule has 2 rings (SSSR count). The first kappa shape index (κ1) is 15.3. The van der Waals surface area contributed by atoms with Gasteiger partial charge in [-0.3, -0.25) is 9.59 Å². The van der Waals surface area contributed by atoms with Gasteiger partial charge in [0, 0.05) is 29.8 Å². The van der Waals surface area contributed by atoms with Gasteiger partial charge in [0.25, 0.3) is 5.91 Å². The summed E-state index contributed by atoms with van der Waals surface area (Å²) in [7, 11) is 0. The topological polar surface area (TPSA) is 62.0 Å². The summed E-state index contributed by atoms with van der Waals surface area (Å²) < 4.78 is 0. The van der Waals surface area contributed by atoms with Crippen molar-refractivity contribution in [2.75, 3.05) is 11.9 Å². The zero-order chi connectivity index (χ0) is 14.6. The minimum atomic E-state index is -0.280. The summed E-state index contributed by atoms with van der Waals surface area (Å²) in [4.78, 5) is 26.8. The molecular weight excluding hydrogens is 320 g/mol. The predicted molar refractivity (Wildman–Crippen MR) is 83.4 cm³/mol. The van der Waals surface area contributed by atoms with E-state index in [1.807, 2.05) is 0 Å². The number of hydrogen-bond donors (Lipinski definition) is 2. The number of aromatic amines is 1. The lowest BCUT2D eigenvalue weighted by molar-refractivity contribution is 0.0920. The summed E-state index contributed by atoms with van der Waals surface area (Å²) in [5.41, 5.74) is 0.868. The van der Waals surface area contributed by atoms with E-state index < -0.39 is 0 Å². The van der Waals surface area contributed by atoms with Crippen LogP contribution >= 0.6 is 15.9 Å². The second-order valence-electron chi connectivity index (χ2n) is 5.77. The molecule has 1 fully saturated rings. The third-order valence-electron chi connectivity index (χ3n) is 4.12. The first-order valence-corrected chi connectivity index (χ1v) is 8.22. The molecule has 1 amide bonds. The molecule has 110 valence electrons. The first-order valence-electron chi connectivity index (χ1n) is 7.10. The van der Waals surface area contributed by atoms with E-state index >= 15 is 0 Å². The monoisotopic (exact) mass is 340 g/mol. The largest absolute Gasteiger partial charge is 0.364 e. The fraction of sp³-hybridized carbons (Fsp3) is 0.600. The van der Waals surface area contributed by atoms with E-state index in [9.17, 15) is 9.59 Å². The Morgan fingerprint density at radius 1 is 1.40 bits per heavy atom. The molecule has 0 aromatic carbocycles. The summed E-state index contributed by atoms with van der Waals surface area (Å²) >= 11 is 3.58. The summed E-state index contributed by atoms with van der Waals surface area (Å²) in [6, 6.07) is 1.45. The number of carbonyl (C=O) groups is 1. The third-order valence-corrected chi connectivity index (χ3v) is 5.31. The number of pyridine rings is 1. The van der Waals surface area contributed by atoms with Crippen LogP contribution < -0.4 is 10.7 Å². The molecule has 0 atom stereocenters. The highest BCUT2D eigenvalue weighted by Gasteiger charge is 2.31. The van der Waals surface area contributed by atoms with E-state index in [1.165, 1.54) is 31.5 Å². The van der Waals surface area contributed by atoms with Crippen LogP contribution in [-0.4, -0.2) is 22.8 Å². The lowest BCUT2D eigenvalue weighted by Crippen LogP contribution is -2.41. The molecule has 4 nitrogen and oxygen atoms in total.